The molecule has 0 spiro atoms. The van der Waals surface area contributed by atoms with Crippen LogP contribution < -0.4 is 5.73 Å². The molecule has 1 atom stereocenters. The maximum atomic E-state index is 10.9. The second-order valence-corrected chi connectivity index (χ2v) is 5.02. The Hall–Kier alpha value is -0.900. The predicted molar refractivity (Wildman–Crippen MR) is 53.9 cm³/mol. The first-order valence-electron chi connectivity index (χ1n) is 4.58. The molecule has 0 aromatic carbocycles. The average Bonchev–Trinajstić information content (AvgIpc) is 2.00. The van der Waals surface area contributed by atoms with E-state index in [0.717, 1.165) is 0 Å². The Morgan fingerprint density at radius 3 is 2.14 bits per heavy atom. The van der Waals surface area contributed by atoms with E-state index in [9.17, 15) is 9.59 Å². The van der Waals surface area contributed by atoms with Gasteiger partial charge in [0.2, 0.25) is 0 Å². The van der Waals surface area contributed by atoms with Crippen LogP contribution in [0, 0.1) is 10.8 Å². The highest BCUT2D eigenvalue weighted by Crippen LogP contribution is 2.35. The van der Waals surface area contributed by atoms with Crippen molar-refractivity contribution in [2.24, 2.45) is 16.6 Å². The van der Waals surface area contributed by atoms with E-state index in [1.54, 1.807) is 27.7 Å². The fraction of sp³-hybridized carbons (Fsp3) is 0.800. The van der Waals surface area contributed by atoms with Crippen LogP contribution in [-0.2, 0) is 9.59 Å². The van der Waals surface area contributed by atoms with E-state index in [4.69, 9.17) is 10.8 Å². The lowest BCUT2D eigenvalue weighted by molar-refractivity contribution is -0.149. The molecular formula is C10H19NO3. The first-order chi connectivity index (χ1) is 6.13. The van der Waals surface area contributed by atoms with Crippen LogP contribution in [0.15, 0.2) is 0 Å². The number of carboxylic acids is 1. The third kappa shape index (κ3) is 3.10. The van der Waals surface area contributed by atoms with Gasteiger partial charge >= 0.3 is 5.97 Å². The summed E-state index contributed by atoms with van der Waals surface area (Å²) in [5, 5.41) is 8.93. The monoisotopic (exact) mass is 201 g/mol. The molecule has 4 nitrogen and oxygen atoms in total. The van der Waals surface area contributed by atoms with E-state index in [-0.39, 0.29) is 0 Å². The van der Waals surface area contributed by atoms with Crippen molar-refractivity contribution in [3.63, 3.8) is 0 Å². The number of aldehydes is 1. The van der Waals surface area contributed by atoms with Crippen molar-refractivity contribution in [1.82, 2.24) is 0 Å². The van der Waals surface area contributed by atoms with E-state index < -0.39 is 22.8 Å². The molecule has 0 saturated heterocycles. The Bertz CT molecular complexity index is 234. The summed E-state index contributed by atoms with van der Waals surface area (Å²) in [6, 6.07) is -0.624. The molecule has 0 aliphatic carbocycles. The van der Waals surface area contributed by atoms with Gasteiger partial charge in [0.1, 0.15) is 6.29 Å². The van der Waals surface area contributed by atoms with Gasteiger partial charge in [-0.15, -0.1) is 0 Å². The Morgan fingerprint density at radius 1 is 1.43 bits per heavy atom. The molecule has 0 aliphatic rings. The second-order valence-electron chi connectivity index (χ2n) is 5.02. The summed E-state index contributed by atoms with van der Waals surface area (Å²) >= 11 is 0. The van der Waals surface area contributed by atoms with Crippen LogP contribution in [0.1, 0.15) is 34.1 Å². The van der Waals surface area contributed by atoms with E-state index >= 15 is 0 Å². The van der Waals surface area contributed by atoms with Gasteiger partial charge in [-0.1, -0.05) is 13.8 Å². The first-order valence-corrected chi connectivity index (χ1v) is 4.58. The summed E-state index contributed by atoms with van der Waals surface area (Å²) in [7, 11) is 0. The van der Waals surface area contributed by atoms with Gasteiger partial charge in [-0.25, -0.2) is 0 Å². The SMILES string of the molecule is CC(C)(CC(C)(C)C(N)C=O)C(=O)O. The predicted octanol–water partition coefficient (Wildman–Crippen LogP) is 1.04. The van der Waals surface area contributed by atoms with Gasteiger partial charge in [-0.05, 0) is 25.7 Å². The highest BCUT2D eigenvalue weighted by atomic mass is 16.4. The van der Waals surface area contributed by atoms with Crippen LogP contribution >= 0.6 is 0 Å². The van der Waals surface area contributed by atoms with Crippen LogP contribution in [-0.4, -0.2) is 23.4 Å². The highest BCUT2D eigenvalue weighted by molar-refractivity contribution is 5.73. The van der Waals surface area contributed by atoms with Gasteiger partial charge in [0.15, 0.2) is 0 Å². The van der Waals surface area contributed by atoms with Crippen molar-refractivity contribution < 1.29 is 14.7 Å². The lowest BCUT2D eigenvalue weighted by Crippen LogP contribution is -2.43. The minimum atomic E-state index is -0.872. The van der Waals surface area contributed by atoms with E-state index in [1.807, 2.05) is 0 Å². The number of hydrogen-bond donors (Lipinski definition) is 2. The zero-order valence-electron chi connectivity index (χ0n) is 9.20. The molecule has 0 amide bonds. The van der Waals surface area contributed by atoms with Gasteiger partial charge in [-0.3, -0.25) is 4.79 Å². The van der Waals surface area contributed by atoms with Crippen molar-refractivity contribution in [1.29, 1.82) is 0 Å². The summed E-state index contributed by atoms with van der Waals surface area (Å²) < 4.78 is 0. The molecule has 0 radical (unpaired) electrons. The van der Waals surface area contributed by atoms with Crippen molar-refractivity contribution in [3.8, 4) is 0 Å². The molecule has 0 heterocycles. The summed E-state index contributed by atoms with van der Waals surface area (Å²) in [6.45, 7) is 6.87. The number of carbonyl (C=O) groups is 2. The molecule has 0 bridgehead atoms. The van der Waals surface area contributed by atoms with Crippen LogP contribution in [0.25, 0.3) is 0 Å². The standard InChI is InChI=1S/C10H19NO3/c1-9(2,7(11)5-12)6-10(3,4)8(13)14/h5,7H,6,11H2,1-4H3,(H,13,14). The van der Waals surface area contributed by atoms with Gasteiger partial charge in [0, 0.05) is 0 Å². The van der Waals surface area contributed by atoms with E-state index in [0.29, 0.717) is 12.7 Å². The molecule has 1 unspecified atom stereocenters. The van der Waals surface area contributed by atoms with Gasteiger partial charge in [0.05, 0.1) is 11.5 Å². The summed E-state index contributed by atoms with van der Waals surface area (Å²) in [5.74, 6) is -0.872. The maximum absolute atomic E-state index is 10.9. The molecule has 0 aromatic heterocycles. The van der Waals surface area contributed by atoms with Crippen LogP contribution in [0.3, 0.4) is 0 Å². The van der Waals surface area contributed by atoms with Gasteiger partial charge in [0.25, 0.3) is 0 Å². The van der Waals surface area contributed by atoms with Crippen LogP contribution in [0.2, 0.25) is 0 Å². The molecule has 4 heteroatoms. The van der Waals surface area contributed by atoms with Crippen molar-refractivity contribution >= 4 is 12.3 Å². The Kier molecular flexibility index (Phi) is 3.82. The smallest absolute Gasteiger partial charge is 0.309 e. The molecule has 82 valence electrons. The minimum Gasteiger partial charge on any atom is -0.481 e. The minimum absolute atomic E-state index is 0.370. The number of hydrogen-bond acceptors (Lipinski definition) is 3. The number of nitrogens with two attached hydrogens (primary N) is 1. The number of carbonyl (C=O) groups excluding carboxylic acids is 1. The lowest BCUT2D eigenvalue weighted by Gasteiger charge is -2.34. The third-order valence-electron chi connectivity index (χ3n) is 2.53. The lowest BCUT2D eigenvalue weighted by atomic mass is 9.71. The van der Waals surface area contributed by atoms with Gasteiger partial charge < -0.3 is 15.6 Å². The first kappa shape index (κ1) is 13.1. The third-order valence-corrected chi connectivity index (χ3v) is 2.53. The normalized spacial score (nSPS) is 14.9. The van der Waals surface area contributed by atoms with Crippen molar-refractivity contribution in [2.45, 2.75) is 40.2 Å². The van der Waals surface area contributed by atoms with E-state index in [2.05, 4.69) is 0 Å². The molecule has 0 saturated carbocycles. The fourth-order valence-electron chi connectivity index (χ4n) is 1.52. The van der Waals surface area contributed by atoms with Crippen molar-refractivity contribution in [2.75, 3.05) is 0 Å². The maximum Gasteiger partial charge on any atom is 0.309 e. The van der Waals surface area contributed by atoms with E-state index in [1.165, 1.54) is 0 Å². The molecule has 0 aromatic rings. The number of aliphatic carboxylic acids is 1. The van der Waals surface area contributed by atoms with Crippen molar-refractivity contribution in [3.05, 3.63) is 0 Å². The number of carboxylic acid groups (broad SMARTS) is 1. The zero-order chi connectivity index (χ0) is 11.6. The largest absolute Gasteiger partial charge is 0.481 e. The molecule has 0 aliphatic heterocycles. The van der Waals surface area contributed by atoms with Crippen LogP contribution in [0.4, 0.5) is 0 Å². The molecule has 14 heavy (non-hydrogen) atoms. The zero-order valence-corrected chi connectivity index (χ0v) is 9.20. The summed E-state index contributed by atoms with van der Waals surface area (Å²) in [5.41, 5.74) is 4.24. The Labute approximate surface area is 84.5 Å². The topological polar surface area (TPSA) is 80.4 Å². The van der Waals surface area contributed by atoms with Gasteiger partial charge in [-0.2, -0.15) is 0 Å². The fourth-order valence-corrected chi connectivity index (χ4v) is 1.52. The van der Waals surface area contributed by atoms with Crippen LogP contribution in [0.5, 0.6) is 0 Å². The summed E-state index contributed by atoms with van der Waals surface area (Å²) in [6.07, 6.45) is 1.03. The quantitative estimate of drug-likeness (QED) is 0.651. The molecule has 0 rings (SSSR count). The molecule has 0 fully saturated rings. The second kappa shape index (κ2) is 4.09. The Morgan fingerprint density at radius 2 is 1.86 bits per heavy atom. The molecular weight excluding hydrogens is 182 g/mol. The number of rotatable bonds is 5. The Balaban J connectivity index is 4.65. The molecule has 3 N–H and O–H groups in total. The average molecular weight is 201 g/mol. The summed E-state index contributed by atoms with van der Waals surface area (Å²) in [4.78, 5) is 21.4. The highest BCUT2D eigenvalue weighted by Gasteiger charge is 2.37.